The molecular formula is C34H48N4O6. The molecule has 44 heavy (non-hydrogen) atoms. The zero-order chi connectivity index (χ0) is 31.9. The molecule has 2 aromatic rings. The van der Waals surface area contributed by atoms with E-state index in [1.165, 1.54) is 14.2 Å². The summed E-state index contributed by atoms with van der Waals surface area (Å²) in [5, 5.41) is 0. The normalized spacial score (nSPS) is 17.9. The Morgan fingerprint density at radius 3 is 1.34 bits per heavy atom. The van der Waals surface area contributed by atoms with E-state index in [1.54, 1.807) is 9.80 Å². The number of hydrogen-bond acceptors (Lipinski definition) is 6. The summed E-state index contributed by atoms with van der Waals surface area (Å²) >= 11 is 0. The molecular weight excluding hydrogens is 560 g/mol. The van der Waals surface area contributed by atoms with E-state index in [4.69, 9.17) is 9.47 Å². The highest BCUT2D eigenvalue weighted by Crippen LogP contribution is 2.24. The van der Waals surface area contributed by atoms with Crippen LogP contribution in [0.15, 0.2) is 60.7 Å². The number of para-hydroxylation sites is 2. The fraction of sp³-hybridized carbons (Fsp3) is 0.529. The lowest BCUT2D eigenvalue weighted by Gasteiger charge is -2.35. The second-order valence-electron chi connectivity index (χ2n) is 11.2. The quantitative estimate of drug-likeness (QED) is 0.375. The molecule has 2 atom stereocenters. The van der Waals surface area contributed by atoms with Gasteiger partial charge < -0.3 is 29.1 Å². The zero-order valence-electron chi connectivity index (χ0n) is 26.7. The number of nitrogens with zero attached hydrogens (tertiary/aromatic N) is 4. The summed E-state index contributed by atoms with van der Waals surface area (Å²) < 4.78 is 9.61. The van der Waals surface area contributed by atoms with Crippen molar-refractivity contribution in [3.8, 4) is 0 Å². The number of methoxy groups -OCH3 is 2. The largest absolute Gasteiger partial charge is 0.453 e. The van der Waals surface area contributed by atoms with Gasteiger partial charge >= 0.3 is 12.2 Å². The van der Waals surface area contributed by atoms with Crippen LogP contribution in [-0.4, -0.2) is 87.3 Å². The van der Waals surface area contributed by atoms with Gasteiger partial charge in [-0.25, -0.2) is 9.59 Å². The lowest BCUT2D eigenvalue weighted by atomic mass is 9.97. The van der Waals surface area contributed by atoms with E-state index >= 15 is 0 Å². The van der Waals surface area contributed by atoms with Gasteiger partial charge in [-0.15, -0.1) is 0 Å². The number of anilines is 2. The van der Waals surface area contributed by atoms with Gasteiger partial charge in [0.2, 0.25) is 11.8 Å². The van der Waals surface area contributed by atoms with Crippen molar-refractivity contribution < 1.29 is 28.7 Å². The topological polar surface area (TPSA) is 99.7 Å². The highest BCUT2D eigenvalue weighted by atomic mass is 16.5. The number of carbonyl (C=O) groups is 4. The Hall–Kier alpha value is -4.08. The summed E-state index contributed by atoms with van der Waals surface area (Å²) in [6.07, 6.45) is 4.33. The van der Waals surface area contributed by atoms with Crippen LogP contribution in [0.25, 0.3) is 0 Å². The van der Waals surface area contributed by atoms with Gasteiger partial charge in [0.25, 0.3) is 0 Å². The third-order valence-corrected chi connectivity index (χ3v) is 8.13. The van der Waals surface area contributed by atoms with Gasteiger partial charge in [-0.1, -0.05) is 50.2 Å². The molecule has 2 aliphatic heterocycles. The number of amides is 4. The minimum absolute atomic E-state index is 0.112. The molecule has 0 N–H and O–H groups in total. The Labute approximate surface area is 261 Å². The standard InChI is InChI=1S/2C17H24N2O3/c2*1-3-16(20)19(15-9-5-4-6-10-15)13-14-8-7-11-18(12-14)17(21)22-2/h2*4-6,9-10,14H,3,7-8,11-13H2,1-2H3/t14-;/m1./s1. The van der Waals surface area contributed by atoms with Gasteiger partial charge in [-0.3, -0.25) is 9.59 Å². The summed E-state index contributed by atoms with van der Waals surface area (Å²) in [5.41, 5.74) is 1.84. The van der Waals surface area contributed by atoms with E-state index in [-0.39, 0.29) is 35.8 Å². The predicted molar refractivity (Wildman–Crippen MR) is 172 cm³/mol. The van der Waals surface area contributed by atoms with Gasteiger partial charge in [-0.05, 0) is 61.8 Å². The van der Waals surface area contributed by atoms with Gasteiger partial charge in [0, 0.05) is 63.5 Å². The Morgan fingerprint density at radius 2 is 1.02 bits per heavy atom. The van der Waals surface area contributed by atoms with Crippen LogP contribution in [0.3, 0.4) is 0 Å². The second kappa shape index (κ2) is 17.9. The smallest absolute Gasteiger partial charge is 0.409 e. The second-order valence-corrected chi connectivity index (χ2v) is 11.2. The van der Waals surface area contributed by atoms with E-state index in [0.717, 1.165) is 50.1 Å². The van der Waals surface area contributed by atoms with E-state index in [2.05, 4.69) is 0 Å². The van der Waals surface area contributed by atoms with Crippen molar-refractivity contribution in [2.24, 2.45) is 11.8 Å². The van der Waals surface area contributed by atoms with Crippen LogP contribution in [0.1, 0.15) is 52.4 Å². The molecule has 0 aromatic heterocycles. The van der Waals surface area contributed by atoms with Crippen LogP contribution in [-0.2, 0) is 19.1 Å². The maximum absolute atomic E-state index is 12.3. The summed E-state index contributed by atoms with van der Waals surface area (Å²) in [7, 11) is 2.81. The van der Waals surface area contributed by atoms with Gasteiger partial charge in [-0.2, -0.15) is 0 Å². The van der Waals surface area contributed by atoms with Crippen molar-refractivity contribution >= 4 is 35.4 Å². The van der Waals surface area contributed by atoms with E-state index in [9.17, 15) is 19.2 Å². The Bertz CT molecular complexity index is 1100. The van der Waals surface area contributed by atoms with Crippen LogP contribution in [0, 0.1) is 11.8 Å². The first kappa shape index (κ1) is 34.4. The molecule has 0 aliphatic carbocycles. The van der Waals surface area contributed by atoms with Crippen molar-refractivity contribution in [3.63, 3.8) is 0 Å². The molecule has 10 heteroatoms. The number of rotatable bonds is 8. The minimum atomic E-state index is -0.280. The highest BCUT2D eigenvalue weighted by Gasteiger charge is 2.28. The summed E-state index contributed by atoms with van der Waals surface area (Å²) in [5.74, 6) is 0.787. The van der Waals surface area contributed by atoms with Crippen LogP contribution in [0.2, 0.25) is 0 Å². The van der Waals surface area contributed by atoms with Gasteiger partial charge in [0.05, 0.1) is 14.2 Å². The molecule has 2 saturated heterocycles. The summed E-state index contributed by atoms with van der Waals surface area (Å²) in [6, 6.07) is 19.4. The summed E-state index contributed by atoms with van der Waals surface area (Å²) in [4.78, 5) is 55.1. The lowest BCUT2D eigenvalue weighted by Crippen LogP contribution is -2.45. The molecule has 4 rings (SSSR count). The molecule has 0 radical (unpaired) electrons. The maximum Gasteiger partial charge on any atom is 0.409 e. The van der Waals surface area contributed by atoms with Crippen molar-refractivity contribution in [2.75, 3.05) is 63.3 Å². The first-order valence-electron chi connectivity index (χ1n) is 15.7. The molecule has 0 bridgehead atoms. The number of hydrogen-bond donors (Lipinski definition) is 0. The van der Waals surface area contributed by atoms with E-state index in [0.29, 0.717) is 39.0 Å². The molecule has 0 spiro atoms. The molecule has 240 valence electrons. The molecule has 2 heterocycles. The number of ether oxygens (including phenoxy) is 2. The highest BCUT2D eigenvalue weighted by molar-refractivity contribution is 5.93. The molecule has 2 fully saturated rings. The van der Waals surface area contributed by atoms with Crippen molar-refractivity contribution in [2.45, 2.75) is 52.4 Å². The van der Waals surface area contributed by atoms with E-state index < -0.39 is 0 Å². The third-order valence-electron chi connectivity index (χ3n) is 8.13. The lowest BCUT2D eigenvalue weighted by molar-refractivity contribution is -0.119. The fourth-order valence-corrected chi connectivity index (χ4v) is 5.83. The average molecular weight is 609 g/mol. The van der Waals surface area contributed by atoms with Crippen molar-refractivity contribution in [3.05, 3.63) is 60.7 Å². The van der Waals surface area contributed by atoms with Crippen LogP contribution < -0.4 is 9.80 Å². The maximum atomic E-state index is 12.3. The summed E-state index contributed by atoms with van der Waals surface area (Å²) in [6.45, 7) is 7.79. The number of piperidine rings is 2. The number of benzene rings is 2. The fourth-order valence-electron chi connectivity index (χ4n) is 5.83. The first-order valence-corrected chi connectivity index (χ1v) is 15.7. The zero-order valence-corrected chi connectivity index (χ0v) is 26.7. The van der Waals surface area contributed by atoms with Crippen LogP contribution in [0.5, 0.6) is 0 Å². The molecule has 0 saturated carbocycles. The predicted octanol–water partition coefficient (Wildman–Crippen LogP) is 5.82. The Balaban J connectivity index is 0.000000240. The number of likely N-dealkylation sites (tertiary alicyclic amines) is 2. The Kier molecular flexibility index (Phi) is 14.0. The van der Waals surface area contributed by atoms with Gasteiger partial charge in [0.1, 0.15) is 0 Å². The van der Waals surface area contributed by atoms with Crippen molar-refractivity contribution in [1.82, 2.24) is 9.80 Å². The van der Waals surface area contributed by atoms with Crippen molar-refractivity contribution in [1.29, 1.82) is 0 Å². The Morgan fingerprint density at radius 1 is 0.659 bits per heavy atom. The molecule has 10 nitrogen and oxygen atoms in total. The van der Waals surface area contributed by atoms with Crippen LogP contribution in [0.4, 0.5) is 21.0 Å². The first-order chi connectivity index (χ1) is 21.3. The molecule has 4 amide bonds. The molecule has 2 aliphatic rings. The van der Waals surface area contributed by atoms with Gasteiger partial charge in [0.15, 0.2) is 0 Å². The van der Waals surface area contributed by atoms with Crippen LogP contribution >= 0.6 is 0 Å². The molecule has 2 aromatic carbocycles. The molecule has 1 unspecified atom stereocenters. The minimum Gasteiger partial charge on any atom is -0.453 e. The monoisotopic (exact) mass is 608 g/mol. The third kappa shape index (κ3) is 9.99. The number of carbonyl (C=O) groups excluding carboxylic acids is 4. The average Bonchev–Trinajstić information content (AvgIpc) is 3.09. The van der Waals surface area contributed by atoms with E-state index in [1.807, 2.05) is 84.3 Å². The SMILES string of the molecule is CCC(=O)N(CC1CCCN(C(=O)OC)C1)c1ccccc1.CCC(=O)N(C[C@@H]1CCCN(C(=O)OC)C1)c1ccccc1.